The van der Waals surface area contributed by atoms with Crippen LogP contribution in [0.4, 0.5) is 0 Å². The summed E-state index contributed by atoms with van der Waals surface area (Å²) >= 11 is 0. The van der Waals surface area contributed by atoms with Crippen LogP contribution in [0, 0.1) is 11.3 Å². The van der Waals surface area contributed by atoms with Crippen LogP contribution in [-0.2, 0) is 19.1 Å². The number of esters is 1. The largest absolute Gasteiger partial charge is 0.465 e. The van der Waals surface area contributed by atoms with Crippen molar-refractivity contribution in [3.8, 4) is 0 Å². The third-order valence-electron chi connectivity index (χ3n) is 3.99. The van der Waals surface area contributed by atoms with E-state index in [9.17, 15) is 9.59 Å². The van der Waals surface area contributed by atoms with Gasteiger partial charge in [-0.1, -0.05) is 19.3 Å². The molecule has 1 fully saturated rings. The van der Waals surface area contributed by atoms with Crippen LogP contribution in [0.15, 0.2) is 0 Å². The fraction of sp³-hybridized carbons (Fsp3) is 0.867. The van der Waals surface area contributed by atoms with Crippen LogP contribution < -0.4 is 0 Å². The lowest BCUT2D eigenvalue weighted by Gasteiger charge is -2.32. The van der Waals surface area contributed by atoms with Gasteiger partial charge in [-0.2, -0.15) is 0 Å². The van der Waals surface area contributed by atoms with Gasteiger partial charge in [0.1, 0.15) is 11.5 Å². The molecule has 19 heavy (non-hydrogen) atoms. The zero-order chi connectivity index (χ0) is 14.5. The Kier molecular flexibility index (Phi) is 5.98. The lowest BCUT2D eigenvalue weighted by Crippen LogP contribution is -2.45. The van der Waals surface area contributed by atoms with Gasteiger partial charge < -0.3 is 9.47 Å². The summed E-state index contributed by atoms with van der Waals surface area (Å²) in [6, 6.07) is 0. The molecule has 0 saturated heterocycles. The molecule has 0 heterocycles. The number of carbonyl (C=O) groups excluding carboxylic acids is 2. The van der Waals surface area contributed by atoms with E-state index in [-0.39, 0.29) is 18.3 Å². The van der Waals surface area contributed by atoms with E-state index in [1.165, 1.54) is 6.42 Å². The van der Waals surface area contributed by atoms with Gasteiger partial charge in [0.15, 0.2) is 5.78 Å². The van der Waals surface area contributed by atoms with Crippen LogP contribution in [0.5, 0.6) is 0 Å². The number of carbonyl (C=O) groups is 2. The predicted octanol–water partition coefficient (Wildman–Crippen LogP) is 2.74. The third-order valence-corrected chi connectivity index (χ3v) is 3.99. The highest BCUT2D eigenvalue weighted by atomic mass is 16.5. The second kappa shape index (κ2) is 7.04. The van der Waals surface area contributed by atoms with Crippen molar-refractivity contribution < 1.29 is 19.1 Å². The minimum Gasteiger partial charge on any atom is -0.465 e. The summed E-state index contributed by atoms with van der Waals surface area (Å²) in [5.74, 6) is -0.377. The van der Waals surface area contributed by atoms with Gasteiger partial charge in [-0.05, 0) is 39.5 Å². The van der Waals surface area contributed by atoms with Crippen LogP contribution in [0.2, 0.25) is 0 Å². The second-order valence-electron chi connectivity index (χ2n) is 5.76. The van der Waals surface area contributed by atoms with E-state index in [4.69, 9.17) is 9.47 Å². The van der Waals surface area contributed by atoms with Gasteiger partial charge in [-0.25, -0.2) is 0 Å². The van der Waals surface area contributed by atoms with E-state index >= 15 is 0 Å². The Morgan fingerprint density at radius 3 is 2.26 bits per heavy atom. The topological polar surface area (TPSA) is 52.6 Å². The highest BCUT2D eigenvalue weighted by Crippen LogP contribution is 2.32. The zero-order valence-corrected chi connectivity index (χ0v) is 12.5. The molecule has 0 aliphatic heterocycles. The van der Waals surface area contributed by atoms with Crippen molar-refractivity contribution in [3.63, 3.8) is 0 Å². The molecule has 4 heteroatoms. The van der Waals surface area contributed by atoms with Gasteiger partial charge in [-0.3, -0.25) is 9.59 Å². The smallest absolute Gasteiger partial charge is 0.319 e. The Labute approximate surface area is 115 Å². The second-order valence-corrected chi connectivity index (χ2v) is 5.76. The first-order valence-electron chi connectivity index (χ1n) is 7.19. The summed E-state index contributed by atoms with van der Waals surface area (Å²) in [6.07, 6.45) is 5.02. The molecule has 0 aromatic rings. The number of rotatable bonds is 6. The molecule has 1 unspecified atom stereocenters. The molecule has 1 aliphatic carbocycles. The van der Waals surface area contributed by atoms with Crippen molar-refractivity contribution in [2.24, 2.45) is 11.3 Å². The molecule has 1 aliphatic rings. The van der Waals surface area contributed by atoms with Gasteiger partial charge in [0.2, 0.25) is 0 Å². The summed E-state index contributed by atoms with van der Waals surface area (Å²) in [7, 11) is 1.55. The quantitative estimate of drug-likeness (QED) is 0.550. The highest BCUT2D eigenvalue weighted by molar-refractivity contribution is 6.05. The fourth-order valence-electron chi connectivity index (χ4n) is 2.72. The maximum atomic E-state index is 12.6. The number of methoxy groups -OCH3 is 1. The van der Waals surface area contributed by atoms with E-state index < -0.39 is 17.5 Å². The first-order valence-corrected chi connectivity index (χ1v) is 7.19. The molecule has 0 spiro atoms. The lowest BCUT2D eigenvalue weighted by molar-refractivity contribution is -0.162. The summed E-state index contributed by atoms with van der Waals surface area (Å²) in [6.45, 7) is 5.29. The van der Waals surface area contributed by atoms with Crippen molar-refractivity contribution in [2.75, 3.05) is 13.7 Å². The number of Topliss-reactive ketones (excluding diaryl/α,β-unsaturated/α-hetero) is 1. The van der Waals surface area contributed by atoms with E-state index in [2.05, 4.69) is 0 Å². The molecule has 0 bridgehead atoms. The van der Waals surface area contributed by atoms with E-state index in [0.717, 1.165) is 25.7 Å². The number of ether oxygens (including phenoxy) is 2. The maximum absolute atomic E-state index is 12.6. The van der Waals surface area contributed by atoms with E-state index in [1.807, 2.05) is 0 Å². The van der Waals surface area contributed by atoms with Crippen molar-refractivity contribution in [2.45, 2.75) is 59.0 Å². The van der Waals surface area contributed by atoms with Crippen LogP contribution >= 0.6 is 0 Å². The highest BCUT2D eigenvalue weighted by Gasteiger charge is 2.44. The first kappa shape index (κ1) is 16.2. The Hall–Kier alpha value is -0.900. The summed E-state index contributed by atoms with van der Waals surface area (Å²) in [5.41, 5.74) is -1.13. The summed E-state index contributed by atoms with van der Waals surface area (Å²) < 4.78 is 10.4. The van der Waals surface area contributed by atoms with Crippen molar-refractivity contribution in [3.05, 3.63) is 0 Å². The summed E-state index contributed by atoms with van der Waals surface area (Å²) in [5, 5.41) is 0. The van der Waals surface area contributed by atoms with Crippen molar-refractivity contribution >= 4 is 11.8 Å². The predicted molar refractivity (Wildman–Crippen MR) is 72.8 cm³/mol. The number of hydrogen-bond donors (Lipinski definition) is 0. The molecule has 1 atom stereocenters. The van der Waals surface area contributed by atoms with E-state index in [0.29, 0.717) is 0 Å². The minimum atomic E-state index is -1.13. The van der Waals surface area contributed by atoms with Gasteiger partial charge >= 0.3 is 5.97 Å². The van der Waals surface area contributed by atoms with Gasteiger partial charge in [0.25, 0.3) is 0 Å². The zero-order valence-electron chi connectivity index (χ0n) is 12.5. The standard InChI is InChI=1S/C15H26O4/c1-5-19-14(17)15(2,3)13(16)12(18-4)11-9-7-6-8-10-11/h11-12H,5-10H2,1-4H3. The molecular formula is C15H26O4. The molecule has 110 valence electrons. The average Bonchev–Trinajstić information content (AvgIpc) is 2.41. The Bertz CT molecular complexity index is 316. The van der Waals surface area contributed by atoms with Crippen molar-refractivity contribution in [1.82, 2.24) is 0 Å². The molecule has 1 rings (SSSR count). The summed E-state index contributed by atoms with van der Waals surface area (Å²) in [4.78, 5) is 24.5. The third kappa shape index (κ3) is 3.78. The normalized spacial score (nSPS) is 18.9. The molecule has 0 amide bonds. The maximum Gasteiger partial charge on any atom is 0.319 e. The first-order chi connectivity index (χ1) is 8.95. The molecule has 0 N–H and O–H groups in total. The van der Waals surface area contributed by atoms with Crippen LogP contribution in [0.3, 0.4) is 0 Å². The SMILES string of the molecule is CCOC(=O)C(C)(C)C(=O)C(OC)C1CCCCC1. The van der Waals surface area contributed by atoms with Gasteiger partial charge in [0, 0.05) is 7.11 Å². The molecule has 4 nitrogen and oxygen atoms in total. The molecular weight excluding hydrogens is 244 g/mol. The van der Waals surface area contributed by atoms with Crippen LogP contribution in [0.1, 0.15) is 52.9 Å². The average molecular weight is 270 g/mol. The fourth-order valence-corrected chi connectivity index (χ4v) is 2.72. The molecule has 1 saturated carbocycles. The molecule has 0 aromatic carbocycles. The number of hydrogen-bond acceptors (Lipinski definition) is 4. The Balaban J connectivity index is 2.78. The van der Waals surface area contributed by atoms with Crippen LogP contribution in [0.25, 0.3) is 0 Å². The van der Waals surface area contributed by atoms with Crippen LogP contribution in [-0.4, -0.2) is 31.6 Å². The molecule has 0 aromatic heterocycles. The Morgan fingerprint density at radius 2 is 1.79 bits per heavy atom. The number of ketones is 1. The Morgan fingerprint density at radius 1 is 1.21 bits per heavy atom. The monoisotopic (exact) mass is 270 g/mol. The molecule has 0 radical (unpaired) electrons. The lowest BCUT2D eigenvalue weighted by atomic mass is 9.76. The van der Waals surface area contributed by atoms with Crippen molar-refractivity contribution in [1.29, 1.82) is 0 Å². The minimum absolute atomic E-state index is 0.152. The van der Waals surface area contributed by atoms with Gasteiger partial charge in [-0.15, -0.1) is 0 Å². The van der Waals surface area contributed by atoms with Gasteiger partial charge in [0.05, 0.1) is 6.61 Å². The van der Waals surface area contributed by atoms with E-state index in [1.54, 1.807) is 27.9 Å².